The van der Waals surface area contributed by atoms with Gasteiger partial charge in [-0.15, -0.1) is 46.2 Å². The van der Waals surface area contributed by atoms with Gasteiger partial charge >= 0.3 is 17.9 Å². The van der Waals surface area contributed by atoms with Crippen LogP contribution >= 0.6 is 46.2 Å². The first-order valence-electron chi connectivity index (χ1n) is 16.4. The number of nitrogen functional groups attached to an aromatic ring is 1. The van der Waals surface area contributed by atoms with Crippen molar-refractivity contribution in [2.24, 2.45) is 10.3 Å². The summed E-state index contributed by atoms with van der Waals surface area (Å²) in [6.07, 6.45) is 2.66. The van der Waals surface area contributed by atoms with Gasteiger partial charge in [-0.3, -0.25) is 29.3 Å². The molecule has 6 heterocycles. The summed E-state index contributed by atoms with van der Waals surface area (Å²) < 4.78 is 0. The third-order valence-corrected chi connectivity index (χ3v) is 12.2. The van der Waals surface area contributed by atoms with Gasteiger partial charge in [-0.1, -0.05) is 35.6 Å². The van der Waals surface area contributed by atoms with Gasteiger partial charge in [0.25, 0.3) is 17.7 Å². The van der Waals surface area contributed by atoms with Crippen molar-refractivity contribution in [2.75, 3.05) is 24.3 Å². The fourth-order valence-electron chi connectivity index (χ4n) is 5.82. The Morgan fingerprint density at radius 2 is 1.25 bits per heavy atom. The fourth-order valence-corrected chi connectivity index (χ4v) is 9.51. The number of carboxylic acid groups (broad SMARTS) is 3. The average molecular weight is 889 g/mol. The zero-order chi connectivity index (χ0) is 42.7. The number of rotatable bonds is 17. The normalized spacial score (nSPS) is 23.5. The number of thioether (sulfide) groups is 2. The van der Waals surface area contributed by atoms with Crippen LogP contribution in [-0.2, 0) is 48.0 Å². The van der Waals surface area contributed by atoms with Crippen molar-refractivity contribution < 1.29 is 63.4 Å². The second-order valence-electron chi connectivity index (χ2n) is 12.0. The molecule has 23 nitrogen and oxygen atoms in total. The monoisotopic (exact) mass is 888 g/mol. The third kappa shape index (κ3) is 8.52. The fraction of sp³-hybridized carbons (Fsp3) is 0.250. The van der Waals surface area contributed by atoms with Crippen molar-refractivity contribution in [1.82, 2.24) is 30.4 Å². The molecule has 6 atom stereocenters. The zero-order valence-electron chi connectivity index (χ0n) is 29.6. The third-order valence-electron chi connectivity index (χ3n) is 8.42. The maximum Gasteiger partial charge on any atom is 0.344 e. The number of aromatic nitrogens is 2. The molecule has 27 heteroatoms. The Balaban J connectivity index is 1.16. The van der Waals surface area contributed by atoms with E-state index in [1.807, 2.05) is 0 Å². The quantitative estimate of drug-likeness (QED) is 0.0580. The van der Waals surface area contributed by atoms with E-state index < -0.39 is 107 Å². The van der Waals surface area contributed by atoms with E-state index in [4.69, 9.17) is 25.6 Å². The summed E-state index contributed by atoms with van der Waals surface area (Å²) in [6.45, 7) is 5.47. The minimum Gasteiger partial charge on any atom is -0.479 e. The molecule has 0 spiro atoms. The van der Waals surface area contributed by atoms with Gasteiger partial charge in [0.2, 0.25) is 25.0 Å². The molecular weight excluding hydrogens is 861 g/mol. The number of carboxylic acids is 3. The van der Waals surface area contributed by atoms with Crippen molar-refractivity contribution >= 4 is 115 Å². The number of β-lactam (4-membered cyclic amide) rings is 2. The molecule has 2 fully saturated rings. The Kier molecular flexibility index (Phi) is 12.5. The number of carbonyl (C=O) groups excluding carboxylic acids is 5. The van der Waals surface area contributed by atoms with Crippen LogP contribution in [0.1, 0.15) is 11.4 Å². The van der Waals surface area contributed by atoms with E-state index in [1.165, 1.54) is 33.2 Å². The molecule has 2 saturated heterocycles. The predicted molar refractivity (Wildman–Crippen MR) is 210 cm³/mol. The zero-order valence-corrected chi connectivity index (χ0v) is 32.8. The summed E-state index contributed by atoms with van der Waals surface area (Å²) in [4.78, 5) is 121. The lowest BCUT2D eigenvalue weighted by atomic mass is 9.97. The number of fused-ring (bicyclic) bond motifs is 2. The maximum atomic E-state index is 13.8. The molecule has 2 unspecified atom stereocenters. The molecular formula is C32H28N10O13S4. The Hall–Kier alpha value is -6.58. The largest absolute Gasteiger partial charge is 0.479 e. The minimum absolute atomic E-state index is 0.0385. The van der Waals surface area contributed by atoms with E-state index in [0.29, 0.717) is 5.57 Å². The van der Waals surface area contributed by atoms with Crippen LogP contribution in [0.15, 0.2) is 68.3 Å². The first kappa shape index (κ1) is 42.0. The molecule has 8 N–H and O–H groups in total. The number of amides is 5. The van der Waals surface area contributed by atoms with Gasteiger partial charge in [-0.05, 0) is 22.0 Å². The van der Waals surface area contributed by atoms with E-state index in [-0.39, 0.29) is 27.2 Å². The molecule has 308 valence electrons. The van der Waals surface area contributed by atoms with Gasteiger partial charge in [-0.25, -0.2) is 24.4 Å². The Morgan fingerprint density at radius 3 is 1.71 bits per heavy atom. The summed E-state index contributed by atoms with van der Waals surface area (Å²) in [5.74, 6) is -8.24. The number of thiazole rings is 2. The van der Waals surface area contributed by atoms with Crippen molar-refractivity contribution in [3.8, 4) is 0 Å². The Bertz CT molecular complexity index is 2300. The average Bonchev–Trinajstić information content (AvgIpc) is 3.85. The van der Waals surface area contributed by atoms with Crippen molar-refractivity contribution in [3.05, 3.63) is 69.4 Å². The molecule has 4 aliphatic rings. The molecule has 0 radical (unpaired) electrons. The van der Waals surface area contributed by atoms with Crippen LogP contribution in [0.5, 0.6) is 0 Å². The van der Waals surface area contributed by atoms with Gasteiger partial charge in [0.1, 0.15) is 40.3 Å². The van der Waals surface area contributed by atoms with E-state index in [1.54, 1.807) is 5.41 Å². The van der Waals surface area contributed by atoms with Crippen LogP contribution in [-0.4, -0.2) is 142 Å². The summed E-state index contributed by atoms with van der Waals surface area (Å²) in [7, 11) is 0. The lowest BCUT2D eigenvalue weighted by molar-refractivity contribution is -0.159. The molecule has 0 bridgehead atoms. The topological polar surface area (TPSA) is 335 Å². The number of oxime groups is 2. The van der Waals surface area contributed by atoms with Gasteiger partial charge in [-0.2, -0.15) is 0 Å². The molecule has 0 saturated carbocycles. The van der Waals surface area contributed by atoms with Crippen LogP contribution in [0.2, 0.25) is 0 Å². The Morgan fingerprint density at radius 1 is 0.780 bits per heavy atom. The van der Waals surface area contributed by atoms with Crippen molar-refractivity contribution in [3.63, 3.8) is 0 Å². The molecule has 2 aromatic heterocycles. The summed E-state index contributed by atoms with van der Waals surface area (Å²) in [6, 6.07) is -5.00. The van der Waals surface area contributed by atoms with Crippen molar-refractivity contribution in [1.29, 1.82) is 0 Å². The SMILES string of the molecule is C=CC1=CS[C@@H]2[C@H](NC(=O)/C(=N\OCC(=O)O)c3csc(NC(=O)C4C(C=C)=CS[C@@H]5[C@H](NC(=O)/C(=N\OCC(=O)O)c6csc(N)n6)C(=O)N45)n3)C(=O)N2C1C(=O)O. The smallest absolute Gasteiger partial charge is 0.344 e. The molecule has 4 aliphatic heterocycles. The van der Waals surface area contributed by atoms with E-state index in [0.717, 1.165) is 51.1 Å². The standard InChI is InChI=1S/C32H28N10O13S4/c1-3-11-7-56-28-19(36-23(47)17(39-54-5-15(43)44)13-9-58-31(33)34-13)26(50)41(28)21(11)25(49)38-32-35-14(10-59-32)18(40-55-6-16(45)46)24(48)37-20-27(51)42-22(30(52)53)12(4-2)8-57-29(20)42/h3-4,7-10,19-22,28-29H,1-2,5-6H2,(H2,33,34)(H,36,47)(H,37,48)(H,43,44)(H,45,46)(H,52,53)(H,35,38,49)/b39-17-,40-18-/t19-,20-,21?,22?,28-,29-/m1/s1. The maximum absolute atomic E-state index is 13.8. The molecule has 6 rings (SSSR count). The van der Waals surface area contributed by atoms with Crippen LogP contribution in [0.25, 0.3) is 0 Å². The first-order chi connectivity index (χ1) is 28.1. The lowest BCUT2D eigenvalue weighted by Gasteiger charge is -2.51. The lowest BCUT2D eigenvalue weighted by Crippen LogP contribution is -2.74. The minimum atomic E-state index is -1.42. The highest BCUT2D eigenvalue weighted by atomic mass is 32.2. The van der Waals surface area contributed by atoms with E-state index >= 15 is 0 Å². The highest BCUT2D eigenvalue weighted by Gasteiger charge is 2.57. The number of hydrogen-bond acceptors (Lipinski definition) is 19. The molecule has 59 heavy (non-hydrogen) atoms. The molecule has 2 aromatic rings. The molecule has 0 aliphatic carbocycles. The van der Waals surface area contributed by atoms with Crippen LogP contribution < -0.4 is 21.7 Å². The summed E-state index contributed by atoms with van der Waals surface area (Å²) in [5.41, 5.74) is 4.98. The van der Waals surface area contributed by atoms with E-state index in [9.17, 15) is 43.5 Å². The highest BCUT2D eigenvalue weighted by molar-refractivity contribution is 8.03. The molecule has 0 aromatic carbocycles. The number of hydrogen-bond donors (Lipinski definition) is 7. The Labute approximate surface area is 346 Å². The number of nitrogens with one attached hydrogen (secondary N) is 3. The highest BCUT2D eigenvalue weighted by Crippen LogP contribution is 2.42. The number of aliphatic carboxylic acids is 3. The second-order valence-corrected chi connectivity index (χ2v) is 15.8. The van der Waals surface area contributed by atoms with Crippen LogP contribution in [0.4, 0.5) is 10.3 Å². The first-order valence-corrected chi connectivity index (χ1v) is 20.1. The number of nitrogens with two attached hydrogens (primary N) is 1. The van der Waals surface area contributed by atoms with Crippen molar-refractivity contribution in [2.45, 2.75) is 34.9 Å². The predicted octanol–water partition coefficient (Wildman–Crippen LogP) is -0.807. The van der Waals surface area contributed by atoms with Crippen LogP contribution in [0.3, 0.4) is 0 Å². The van der Waals surface area contributed by atoms with Gasteiger partial charge in [0.15, 0.2) is 27.7 Å². The van der Waals surface area contributed by atoms with Crippen LogP contribution in [0, 0.1) is 0 Å². The van der Waals surface area contributed by atoms with Gasteiger partial charge < -0.3 is 51.2 Å². The molecule has 5 amide bonds. The van der Waals surface area contributed by atoms with Gasteiger partial charge in [0.05, 0.1) is 0 Å². The van der Waals surface area contributed by atoms with Gasteiger partial charge in [0, 0.05) is 10.8 Å². The second kappa shape index (κ2) is 17.5. The van der Waals surface area contributed by atoms with E-state index in [2.05, 4.69) is 49.4 Å². The number of carbonyl (C=O) groups is 8. The summed E-state index contributed by atoms with van der Waals surface area (Å²) >= 11 is 3.97. The number of anilines is 2. The number of nitrogens with zero attached hydrogens (tertiary/aromatic N) is 6. The summed E-state index contributed by atoms with van der Waals surface area (Å²) in [5, 5.41) is 46.5.